The Hall–Kier alpha value is -2.11. The molecule has 0 aromatic heterocycles. The first kappa shape index (κ1) is 17.7. The molecule has 2 N–H and O–H groups in total. The largest absolute Gasteiger partial charge is 0.351 e. The normalized spacial score (nSPS) is 14.7. The van der Waals surface area contributed by atoms with Gasteiger partial charge in [-0.3, -0.25) is 9.59 Å². The number of nitrogens with one attached hydrogen (secondary N) is 2. The second-order valence-electron chi connectivity index (χ2n) is 6.00. The lowest BCUT2D eigenvalue weighted by atomic mass is 10.0. The lowest BCUT2D eigenvalue weighted by molar-refractivity contribution is -0.134. The Kier molecular flexibility index (Phi) is 4.97. The van der Waals surface area contributed by atoms with Crippen molar-refractivity contribution in [2.75, 3.05) is 5.32 Å². The third-order valence-electron chi connectivity index (χ3n) is 4.11. The van der Waals surface area contributed by atoms with Crippen molar-refractivity contribution in [1.82, 2.24) is 5.32 Å². The van der Waals surface area contributed by atoms with Crippen LogP contribution in [-0.4, -0.2) is 11.8 Å². The predicted octanol–water partition coefficient (Wildman–Crippen LogP) is 4.17. The zero-order chi connectivity index (χ0) is 18.0. The van der Waals surface area contributed by atoms with Gasteiger partial charge < -0.3 is 10.6 Å². The third-order valence-corrected chi connectivity index (χ3v) is 4.54. The van der Waals surface area contributed by atoms with E-state index in [9.17, 15) is 14.0 Å². The van der Waals surface area contributed by atoms with Crippen LogP contribution in [0.3, 0.4) is 0 Å². The van der Waals surface area contributed by atoms with E-state index in [-0.39, 0.29) is 24.2 Å². The maximum Gasteiger partial charge on any atom is 0.240 e. The molecule has 130 valence electrons. The lowest BCUT2D eigenvalue weighted by Crippen LogP contribution is -2.39. The predicted molar refractivity (Wildman–Crippen MR) is 95.0 cm³/mol. The number of carbonyl (C=O) groups is 2. The molecule has 2 aromatic rings. The summed E-state index contributed by atoms with van der Waals surface area (Å²) in [4.78, 5) is 24.9. The molecule has 25 heavy (non-hydrogen) atoms. The number of benzene rings is 2. The fourth-order valence-corrected chi connectivity index (χ4v) is 3.04. The number of hydrogen-bond donors (Lipinski definition) is 2. The van der Waals surface area contributed by atoms with Crippen LogP contribution in [0.5, 0.6) is 0 Å². The molecule has 0 bridgehead atoms. The molecule has 1 aliphatic rings. The minimum atomic E-state index is -1.07. The molecular weight excluding hydrogens is 366 g/mol. The molecule has 7 heteroatoms. The Balaban J connectivity index is 1.63. The molecule has 1 fully saturated rings. The average Bonchev–Trinajstić information content (AvgIpc) is 3.35. The Labute approximate surface area is 154 Å². The van der Waals surface area contributed by atoms with E-state index in [0.29, 0.717) is 28.6 Å². The number of rotatable bonds is 5. The molecule has 2 aromatic carbocycles. The van der Waals surface area contributed by atoms with Gasteiger partial charge in [0, 0.05) is 22.3 Å². The SMILES string of the molecule is O=C(NCc1ccc(F)cc1)C1(C(=O)Nc2cc(Cl)cc(Cl)c2)CC1. The topological polar surface area (TPSA) is 58.2 Å². The Morgan fingerprint density at radius 2 is 1.60 bits per heavy atom. The monoisotopic (exact) mass is 380 g/mol. The summed E-state index contributed by atoms with van der Waals surface area (Å²) in [5, 5.41) is 6.22. The van der Waals surface area contributed by atoms with Crippen molar-refractivity contribution in [2.24, 2.45) is 5.41 Å². The molecule has 0 aliphatic heterocycles. The fraction of sp³-hybridized carbons (Fsp3) is 0.222. The number of halogens is 3. The molecule has 0 unspecified atom stereocenters. The van der Waals surface area contributed by atoms with Crippen LogP contribution in [0.2, 0.25) is 10.0 Å². The lowest BCUT2D eigenvalue weighted by Gasteiger charge is -2.16. The minimum absolute atomic E-state index is 0.233. The Morgan fingerprint density at radius 1 is 1.00 bits per heavy atom. The second kappa shape index (κ2) is 7.02. The zero-order valence-electron chi connectivity index (χ0n) is 13.1. The van der Waals surface area contributed by atoms with Crippen molar-refractivity contribution in [1.29, 1.82) is 0 Å². The van der Waals surface area contributed by atoms with Gasteiger partial charge >= 0.3 is 0 Å². The molecule has 4 nitrogen and oxygen atoms in total. The second-order valence-corrected chi connectivity index (χ2v) is 6.88. The number of anilines is 1. The number of amides is 2. The molecule has 0 atom stereocenters. The van der Waals surface area contributed by atoms with Gasteiger partial charge in [0.05, 0.1) is 0 Å². The highest BCUT2D eigenvalue weighted by molar-refractivity contribution is 6.35. The first-order chi connectivity index (χ1) is 11.9. The summed E-state index contributed by atoms with van der Waals surface area (Å²) in [7, 11) is 0. The number of hydrogen-bond acceptors (Lipinski definition) is 2. The minimum Gasteiger partial charge on any atom is -0.351 e. The van der Waals surface area contributed by atoms with Crippen LogP contribution in [0.4, 0.5) is 10.1 Å². The Bertz CT molecular complexity index is 800. The van der Waals surface area contributed by atoms with Crippen LogP contribution in [0, 0.1) is 11.2 Å². The van der Waals surface area contributed by atoms with E-state index in [0.717, 1.165) is 5.56 Å². The average molecular weight is 381 g/mol. The maximum atomic E-state index is 12.9. The van der Waals surface area contributed by atoms with Gasteiger partial charge in [-0.2, -0.15) is 0 Å². The van der Waals surface area contributed by atoms with E-state index in [1.165, 1.54) is 12.1 Å². The van der Waals surface area contributed by atoms with Gasteiger partial charge in [-0.25, -0.2) is 4.39 Å². The van der Waals surface area contributed by atoms with Crippen LogP contribution in [0.15, 0.2) is 42.5 Å². The maximum absolute atomic E-state index is 12.9. The summed E-state index contributed by atoms with van der Waals surface area (Å²) >= 11 is 11.8. The highest BCUT2D eigenvalue weighted by Gasteiger charge is 2.56. The van der Waals surface area contributed by atoms with E-state index >= 15 is 0 Å². The summed E-state index contributed by atoms with van der Waals surface area (Å²) in [5.41, 5.74) is 0.127. The molecule has 0 heterocycles. The van der Waals surface area contributed by atoms with Crippen molar-refractivity contribution in [3.05, 3.63) is 63.9 Å². The summed E-state index contributed by atoms with van der Waals surface area (Å²) < 4.78 is 12.9. The van der Waals surface area contributed by atoms with Gasteiger partial charge in [0.15, 0.2) is 0 Å². The van der Waals surface area contributed by atoms with E-state index in [2.05, 4.69) is 10.6 Å². The standard InChI is InChI=1S/C18H15Cl2FN2O2/c19-12-7-13(20)9-15(8-12)23-17(25)18(5-6-18)16(24)22-10-11-1-3-14(21)4-2-11/h1-4,7-9H,5-6,10H2,(H,22,24)(H,23,25). The molecular formula is C18H15Cl2FN2O2. The van der Waals surface area contributed by atoms with Gasteiger partial charge in [-0.15, -0.1) is 0 Å². The zero-order valence-corrected chi connectivity index (χ0v) is 14.6. The quantitative estimate of drug-likeness (QED) is 0.764. The molecule has 3 rings (SSSR count). The molecule has 1 saturated carbocycles. The van der Waals surface area contributed by atoms with Crippen LogP contribution < -0.4 is 10.6 Å². The summed E-state index contributed by atoms with van der Waals surface area (Å²) in [6.07, 6.45) is 0.949. The fourth-order valence-electron chi connectivity index (χ4n) is 2.51. The van der Waals surface area contributed by atoms with Crippen molar-refractivity contribution >= 4 is 40.7 Å². The molecule has 0 spiro atoms. The molecule has 0 saturated heterocycles. The smallest absolute Gasteiger partial charge is 0.240 e. The van der Waals surface area contributed by atoms with E-state index in [4.69, 9.17) is 23.2 Å². The number of carbonyl (C=O) groups excluding carboxylic acids is 2. The van der Waals surface area contributed by atoms with Crippen molar-refractivity contribution in [3.63, 3.8) is 0 Å². The van der Waals surface area contributed by atoms with E-state index < -0.39 is 5.41 Å². The van der Waals surface area contributed by atoms with Crippen molar-refractivity contribution in [2.45, 2.75) is 19.4 Å². The van der Waals surface area contributed by atoms with Gasteiger partial charge in [-0.05, 0) is 48.7 Å². The molecule has 2 amide bonds. The van der Waals surface area contributed by atoms with Crippen LogP contribution in [0.25, 0.3) is 0 Å². The Morgan fingerprint density at radius 3 is 2.16 bits per heavy atom. The van der Waals surface area contributed by atoms with Crippen molar-refractivity contribution in [3.8, 4) is 0 Å². The van der Waals surface area contributed by atoms with Crippen molar-refractivity contribution < 1.29 is 14.0 Å². The van der Waals surface area contributed by atoms with E-state index in [1.54, 1.807) is 30.3 Å². The van der Waals surface area contributed by atoms with Crippen LogP contribution in [0.1, 0.15) is 18.4 Å². The highest BCUT2D eigenvalue weighted by atomic mass is 35.5. The van der Waals surface area contributed by atoms with Crippen LogP contribution >= 0.6 is 23.2 Å². The van der Waals surface area contributed by atoms with Crippen LogP contribution in [-0.2, 0) is 16.1 Å². The third kappa shape index (κ3) is 4.11. The van der Waals surface area contributed by atoms with E-state index in [1.807, 2.05) is 0 Å². The highest BCUT2D eigenvalue weighted by Crippen LogP contribution is 2.47. The molecule has 0 radical (unpaired) electrons. The molecule has 1 aliphatic carbocycles. The first-order valence-corrected chi connectivity index (χ1v) is 8.45. The first-order valence-electron chi connectivity index (χ1n) is 7.69. The summed E-state index contributed by atoms with van der Waals surface area (Å²) in [6, 6.07) is 10.5. The van der Waals surface area contributed by atoms with Gasteiger partial charge in [0.25, 0.3) is 0 Å². The summed E-state index contributed by atoms with van der Waals surface area (Å²) in [5.74, 6) is -1.07. The summed E-state index contributed by atoms with van der Waals surface area (Å²) in [6.45, 7) is 0.233. The van der Waals surface area contributed by atoms with Gasteiger partial charge in [0.2, 0.25) is 11.8 Å². The van der Waals surface area contributed by atoms with Gasteiger partial charge in [0.1, 0.15) is 11.2 Å². The van der Waals surface area contributed by atoms with Gasteiger partial charge in [-0.1, -0.05) is 35.3 Å².